The minimum absolute atomic E-state index is 0.667. The summed E-state index contributed by atoms with van der Waals surface area (Å²) in [5.74, 6) is -1.06. The van der Waals surface area contributed by atoms with Gasteiger partial charge in [0.05, 0.1) is 5.37 Å². The zero-order chi connectivity index (χ0) is 11.2. The van der Waals surface area contributed by atoms with Crippen LogP contribution in [0.3, 0.4) is 0 Å². The first kappa shape index (κ1) is 15.8. The van der Waals surface area contributed by atoms with Crippen molar-refractivity contribution in [1.82, 2.24) is 0 Å². The van der Waals surface area contributed by atoms with Crippen molar-refractivity contribution < 1.29 is 9.90 Å². The topological polar surface area (TPSA) is 37.3 Å². The molecule has 0 heterocycles. The van der Waals surface area contributed by atoms with E-state index in [1.54, 1.807) is 0 Å². The van der Waals surface area contributed by atoms with E-state index < -0.39 is 5.97 Å². The highest BCUT2D eigenvalue weighted by atomic mass is 32.1. The van der Waals surface area contributed by atoms with Gasteiger partial charge in [-0.2, -0.15) is 0 Å². The van der Waals surface area contributed by atoms with E-state index in [9.17, 15) is 4.79 Å². The van der Waals surface area contributed by atoms with Crippen LogP contribution in [0.5, 0.6) is 0 Å². The van der Waals surface area contributed by atoms with E-state index in [1.807, 2.05) is 6.08 Å². The molecule has 82 valence electrons. The fourth-order valence-corrected chi connectivity index (χ4v) is 0.892. The molecule has 0 rings (SSSR count). The number of hydrogen-bond donors (Lipinski definition) is 1. The van der Waals surface area contributed by atoms with Crippen molar-refractivity contribution in [2.75, 3.05) is 0 Å². The van der Waals surface area contributed by atoms with Gasteiger partial charge in [-0.25, -0.2) is 4.79 Å². The predicted molar refractivity (Wildman–Crippen MR) is 64.9 cm³/mol. The summed E-state index contributed by atoms with van der Waals surface area (Å²) in [4.78, 5) is 9.21. The summed E-state index contributed by atoms with van der Waals surface area (Å²) in [5, 5.41) is 8.23. The lowest BCUT2D eigenvalue weighted by atomic mass is 10.1. The van der Waals surface area contributed by atoms with E-state index in [0.717, 1.165) is 0 Å². The number of carbonyl (C=O) groups is 1. The second kappa shape index (κ2) is 14.8. The Hall–Kier alpha value is -0.700. The van der Waals surface area contributed by atoms with Gasteiger partial charge in [0.25, 0.3) is 0 Å². The normalized spacial score (nSPS) is 8.36. The predicted octanol–water partition coefficient (Wildman–Crippen LogP) is 3.60. The number of aliphatic carboxylic acids is 1. The van der Waals surface area contributed by atoms with Crippen molar-refractivity contribution in [2.24, 2.45) is 0 Å². The molecule has 0 aromatic heterocycles. The molecule has 0 fully saturated rings. The Bertz CT molecular complexity index is 155. The Morgan fingerprint density at radius 3 is 2.21 bits per heavy atom. The van der Waals surface area contributed by atoms with Gasteiger partial charge in [-0.05, 0) is 12.8 Å². The molecule has 0 amide bonds. The van der Waals surface area contributed by atoms with Gasteiger partial charge >= 0.3 is 5.97 Å². The number of thiocarbonyl (C=S) groups is 1. The standard InChI is InChI=1S/C9H18.C2H2O2S/c1-3-5-7-9-8-6-4-2;3-2(4)1-5/h3H,1,4-9H2,2H3;1H,(H,3,4). The largest absolute Gasteiger partial charge is 0.477 e. The Kier molecular flexibility index (Phi) is 16.7. The minimum atomic E-state index is -1.06. The molecule has 0 aliphatic heterocycles. The zero-order valence-corrected chi connectivity index (χ0v) is 9.68. The molecule has 0 aliphatic carbocycles. The lowest BCUT2D eigenvalue weighted by molar-refractivity contribution is -0.128. The third-order valence-corrected chi connectivity index (χ3v) is 1.81. The Balaban J connectivity index is 0. The maximum absolute atomic E-state index is 9.21. The fourth-order valence-electron chi connectivity index (χ4n) is 0.892. The summed E-state index contributed by atoms with van der Waals surface area (Å²) >= 11 is 3.95. The average molecular weight is 216 g/mol. The number of allylic oxidation sites excluding steroid dienone is 1. The van der Waals surface area contributed by atoms with Crippen molar-refractivity contribution in [2.45, 2.75) is 45.4 Å². The Labute approximate surface area is 92.0 Å². The van der Waals surface area contributed by atoms with Crippen molar-refractivity contribution in [3.8, 4) is 0 Å². The summed E-state index contributed by atoms with van der Waals surface area (Å²) in [6.45, 7) is 5.92. The van der Waals surface area contributed by atoms with Crippen LogP contribution in [0.2, 0.25) is 0 Å². The van der Waals surface area contributed by atoms with E-state index in [4.69, 9.17) is 5.11 Å². The van der Waals surface area contributed by atoms with Gasteiger partial charge in [0, 0.05) is 0 Å². The summed E-state index contributed by atoms with van der Waals surface area (Å²) in [7, 11) is 0. The monoisotopic (exact) mass is 216 g/mol. The molecule has 14 heavy (non-hydrogen) atoms. The van der Waals surface area contributed by atoms with Crippen LogP contribution in [0, 0.1) is 0 Å². The van der Waals surface area contributed by atoms with Crippen LogP contribution < -0.4 is 0 Å². The van der Waals surface area contributed by atoms with Crippen molar-refractivity contribution >= 4 is 23.6 Å². The van der Waals surface area contributed by atoms with E-state index in [2.05, 4.69) is 25.7 Å². The molecule has 1 N–H and O–H groups in total. The third kappa shape index (κ3) is 22.5. The summed E-state index contributed by atoms with van der Waals surface area (Å²) in [6, 6.07) is 0. The van der Waals surface area contributed by atoms with Crippen molar-refractivity contribution in [1.29, 1.82) is 0 Å². The quantitative estimate of drug-likeness (QED) is 0.401. The van der Waals surface area contributed by atoms with Gasteiger partial charge in [0.1, 0.15) is 0 Å². The molecule has 0 aromatic rings. The number of carboxylic acid groups (broad SMARTS) is 1. The van der Waals surface area contributed by atoms with Crippen molar-refractivity contribution in [3.05, 3.63) is 12.7 Å². The molecule has 0 spiro atoms. The first-order chi connectivity index (χ1) is 6.68. The maximum atomic E-state index is 9.21. The molecule has 0 saturated carbocycles. The summed E-state index contributed by atoms with van der Waals surface area (Å²) < 4.78 is 0. The number of hydrogen-bond acceptors (Lipinski definition) is 2. The van der Waals surface area contributed by atoms with Gasteiger partial charge in [0.15, 0.2) is 0 Å². The molecule has 0 radical (unpaired) electrons. The van der Waals surface area contributed by atoms with E-state index in [1.165, 1.54) is 38.5 Å². The molecule has 0 aromatic carbocycles. The minimum Gasteiger partial charge on any atom is -0.477 e. The lowest BCUT2D eigenvalue weighted by Crippen LogP contribution is -1.89. The molecule has 3 heteroatoms. The summed E-state index contributed by atoms with van der Waals surface area (Å²) in [5.41, 5.74) is 0. The lowest BCUT2D eigenvalue weighted by Gasteiger charge is -1.94. The molecule has 0 bridgehead atoms. The molecule has 2 nitrogen and oxygen atoms in total. The highest BCUT2D eigenvalue weighted by Gasteiger charge is 1.84. The first-order valence-corrected chi connectivity index (χ1v) is 5.45. The third-order valence-electron chi connectivity index (χ3n) is 1.61. The zero-order valence-electron chi connectivity index (χ0n) is 8.87. The summed E-state index contributed by atoms with van der Waals surface area (Å²) in [6.07, 6.45) is 10.1. The number of carboxylic acids is 1. The molecule has 0 saturated heterocycles. The highest BCUT2D eigenvalue weighted by Crippen LogP contribution is 2.04. The SMILES string of the molecule is C=CCCCCCCC.O=C(O)C=S. The fraction of sp³-hybridized carbons (Fsp3) is 0.636. The second-order valence-corrected chi connectivity index (χ2v) is 3.18. The van der Waals surface area contributed by atoms with Crippen LogP contribution in [0.1, 0.15) is 45.4 Å². The van der Waals surface area contributed by atoms with E-state index in [-0.39, 0.29) is 0 Å². The first-order valence-electron chi connectivity index (χ1n) is 4.98. The average Bonchev–Trinajstić information content (AvgIpc) is 2.19. The van der Waals surface area contributed by atoms with Crippen LogP contribution in [0.4, 0.5) is 0 Å². The number of rotatable bonds is 7. The van der Waals surface area contributed by atoms with Gasteiger partial charge in [-0.15, -0.1) is 6.58 Å². The van der Waals surface area contributed by atoms with Gasteiger partial charge in [-0.3, -0.25) is 0 Å². The van der Waals surface area contributed by atoms with Gasteiger partial charge in [-0.1, -0.05) is 50.9 Å². The smallest absolute Gasteiger partial charge is 0.339 e. The van der Waals surface area contributed by atoms with Crippen LogP contribution >= 0.6 is 12.2 Å². The van der Waals surface area contributed by atoms with Crippen LogP contribution in [0.25, 0.3) is 0 Å². The van der Waals surface area contributed by atoms with E-state index >= 15 is 0 Å². The molecular formula is C11H20O2S. The van der Waals surface area contributed by atoms with E-state index in [0.29, 0.717) is 5.37 Å². The highest BCUT2D eigenvalue weighted by molar-refractivity contribution is 7.80. The van der Waals surface area contributed by atoms with Gasteiger partial charge < -0.3 is 5.11 Å². The van der Waals surface area contributed by atoms with Crippen LogP contribution in [0.15, 0.2) is 12.7 Å². The molecule has 0 unspecified atom stereocenters. The molecule has 0 aliphatic rings. The Morgan fingerprint density at radius 1 is 1.36 bits per heavy atom. The van der Waals surface area contributed by atoms with Crippen molar-refractivity contribution in [3.63, 3.8) is 0 Å². The van der Waals surface area contributed by atoms with Gasteiger partial charge in [0.2, 0.25) is 0 Å². The van der Waals surface area contributed by atoms with Crippen LogP contribution in [-0.2, 0) is 4.79 Å². The maximum Gasteiger partial charge on any atom is 0.339 e. The van der Waals surface area contributed by atoms with Crippen LogP contribution in [-0.4, -0.2) is 16.4 Å². The Morgan fingerprint density at radius 2 is 1.86 bits per heavy atom. The molecule has 0 atom stereocenters. The molecular weight excluding hydrogens is 196 g/mol. The number of unbranched alkanes of at least 4 members (excludes halogenated alkanes) is 5. The second-order valence-electron chi connectivity index (χ2n) is 2.95.